The third kappa shape index (κ3) is 5.92. The number of nitro groups is 1. The van der Waals surface area contributed by atoms with Crippen LogP contribution in [0.15, 0.2) is 83.1 Å². The molecule has 0 bridgehead atoms. The Balaban J connectivity index is 1.47. The zero-order valence-electron chi connectivity index (χ0n) is 18.5. The van der Waals surface area contributed by atoms with Crippen LogP contribution in [0.4, 0.5) is 5.69 Å². The summed E-state index contributed by atoms with van der Waals surface area (Å²) >= 11 is 7.03. The average Bonchev–Trinajstić information content (AvgIpc) is 3.28. The number of benzene rings is 3. The SMILES string of the molecule is Cc1ccc(-c2nnc(SCC(=O)NN=Cc3ccc(Cl)c([N+](=O)[O-])c3)n2-c2ccccc2)cc1. The van der Waals surface area contributed by atoms with Crippen molar-refractivity contribution >= 4 is 41.2 Å². The molecule has 4 rings (SSSR count). The monoisotopic (exact) mass is 506 g/mol. The lowest BCUT2D eigenvalue weighted by Crippen LogP contribution is -2.20. The van der Waals surface area contributed by atoms with Crippen molar-refractivity contribution in [3.05, 3.63) is 99.1 Å². The number of nitrogens with one attached hydrogen (secondary N) is 1. The Hall–Kier alpha value is -4.02. The van der Waals surface area contributed by atoms with Crippen molar-refractivity contribution in [2.75, 3.05) is 5.75 Å². The highest BCUT2D eigenvalue weighted by Gasteiger charge is 2.17. The van der Waals surface area contributed by atoms with Crippen molar-refractivity contribution in [2.24, 2.45) is 5.10 Å². The van der Waals surface area contributed by atoms with Crippen molar-refractivity contribution in [3.63, 3.8) is 0 Å². The van der Waals surface area contributed by atoms with Gasteiger partial charge < -0.3 is 0 Å². The molecule has 0 fully saturated rings. The van der Waals surface area contributed by atoms with E-state index in [1.54, 1.807) is 6.07 Å². The minimum Gasteiger partial charge on any atom is -0.272 e. The lowest BCUT2D eigenvalue weighted by atomic mass is 10.1. The van der Waals surface area contributed by atoms with Crippen molar-refractivity contribution in [1.82, 2.24) is 20.2 Å². The molecule has 9 nitrogen and oxygen atoms in total. The molecular formula is C24H19ClN6O3S. The predicted octanol–water partition coefficient (Wildman–Crippen LogP) is 5.05. The van der Waals surface area contributed by atoms with Crippen LogP contribution in [-0.4, -0.2) is 37.6 Å². The molecule has 0 atom stereocenters. The Morgan fingerprint density at radius 2 is 1.89 bits per heavy atom. The summed E-state index contributed by atoms with van der Waals surface area (Å²) in [6.45, 7) is 2.02. The van der Waals surface area contributed by atoms with Gasteiger partial charge in [0.2, 0.25) is 0 Å². The number of amides is 1. The van der Waals surface area contributed by atoms with Crippen molar-refractivity contribution < 1.29 is 9.72 Å². The Labute approximate surface area is 210 Å². The Kier molecular flexibility index (Phi) is 7.54. The van der Waals surface area contributed by atoms with Crippen LogP contribution in [0.5, 0.6) is 0 Å². The average molecular weight is 507 g/mol. The topological polar surface area (TPSA) is 115 Å². The summed E-state index contributed by atoms with van der Waals surface area (Å²) in [5, 5.41) is 24.1. The lowest BCUT2D eigenvalue weighted by Gasteiger charge is -2.10. The number of aryl methyl sites for hydroxylation is 1. The number of nitro benzene ring substituents is 1. The zero-order valence-corrected chi connectivity index (χ0v) is 20.0. The number of thioether (sulfide) groups is 1. The van der Waals surface area contributed by atoms with Crippen LogP contribution >= 0.6 is 23.4 Å². The van der Waals surface area contributed by atoms with Gasteiger partial charge >= 0.3 is 0 Å². The van der Waals surface area contributed by atoms with Crippen molar-refractivity contribution in [3.8, 4) is 17.1 Å². The largest absolute Gasteiger partial charge is 0.288 e. The van der Waals surface area contributed by atoms with Gasteiger partial charge in [-0.25, -0.2) is 5.43 Å². The van der Waals surface area contributed by atoms with E-state index in [4.69, 9.17) is 11.6 Å². The molecule has 176 valence electrons. The highest BCUT2D eigenvalue weighted by atomic mass is 35.5. The Bertz CT molecular complexity index is 1390. The van der Waals surface area contributed by atoms with E-state index in [0.29, 0.717) is 16.5 Å². The van der Waals surface area contributed by atoms with E-state index in [9.17, 15) is 14.9 Å². The fourth-order valence-corrected chi connectivity index (χ4v) is 4.08. The number of carbonyl (C=O) groups excluding carboxylic acids is 1. The van der Waals surface area contributed by atoms with E-state index >= 15 is 0 Å². The van der Waals surface area contributed by atoms with Gasteiger partial charge in [-0.3, -0.25) is 19.5 Å². The summed E-state index contributed by atoms with van der Waals surface area (Å²) in [5.74, 6) is 0.340. The van der Waals surface area contributed by atoms with Gasteiger partial charge in [0, 0.05) is 22.9 Å². The normalized spacial score (nSPS) is 11.0. The van der Waals surface area contributed by atoms with E-state index in [-0.39, 0.29) is 22.4 Å². The molecule has 1 heterocycles. The molecule has 11 heteroatoms. The number of para-hydroxylation sites is 1. The number of carbonyl (C=O) groups is 1. The molecule has 1 amide bonds. The van der Waals surface area contributed by atoms with E-state index in [1.807, 2.05) is 66.1 Å². The molecule has 35 heavy (non-hydrogen) atoms. The quantitative estimate of drug-likeness (QED) is 0.155. The molecule has 0 aliphatic heterocycles. The molecule has 0 unspecified atom stereocenters. The van der Waals surface area contributed by atoms with Gasteiger partial charge in [0.25, 0.3) is 11.6 Å². The van der Waals surface area contributed by atoms with Gasteiger partial charge in [0.15, 0.2) is 11.0 Å². The first-order valence-electron chi connectivity index (χ1n) is 10.4. The Morgan fingerprint density at radius 3 is 2.60 bits per heavy atom. The summed E-state index contributed by atoms with van der Waals surface area (Å²) < 4.78 is 1.90. The fourth-order valence-electron chi connectivity index (χ4n) is 3.15. The molecule has 1 N–H and O–H groups in total. The smallest absolute Gasteiger partial charge is 0.272 e. The van der Waals surface area contributed by atoms with Gasteiger partial charge in [-0.1, -0.05) is 77.5 Å². The lowest BCUT2D eigenvalue weighted by molar-refractivity contribution is -0.384. The number of nitrogens with zero attached hydrogens (tertiary/aromatic N) is 5. The van der Waals surface area contributed by atoms with Gasteiger partial charge in [-0.15, -0.1) is 10.2 Å². The maximum atomic E-state index is 12.4. The third-order valence-corrected chi connectivity index (χ3v) is 6.11. The number of hydrogen-bond acceptors (Lipinski definition) is 7. The molecule has 0 aliphatic rings. The molecule has 4 aromatic rings. The standard InChI is InChI=1S/C24H19ClN6O3S/c1-16-7-10-18(11-8-16)23-28-29-24(30(23)19-5-3-2-4-6-19)35-15-22(32)27-26-14-17-9-12-20(25)21(13-17)31(33)34/h2-14H,15H2,1H3,(H,27,32). The molecule has 1 aromatic heterocycles. The van der Waals surface area contributed by atoms with Crippen LogP contribution in [0.1, 0.15) is 11.1 Å². The van der Waals surface area contributed by atoms with Crippen LogP contribution in [0.2, 0.25) is 5.02 Å². The number of hydrogen-bond donors (Lipinski definition) is 1. The van der Waals surface area contributed by atoms with Gasteiger partial charge in [-0.05, 0) is 25.1 Å². The molecule has 0 saturated heterocycles. The van der Waals surface area contributed by atoms with Crippen LogP contribution in [0.25, 0.3) is 17.1 Å². The van der Waals surface area contributed by atoms with Crippen molar-refractivity contribution in [2.45, 2.75) is 12.1 Å². The summed E-state index contributed by atoms with van der Waals surface area (Å²) in [6, 6.07) is 21.9. The first kappa shape index (κ1) is 24.1. The first-order valence-corrected chi connectivity index (χ1v) is 11.8. The van der Waals surface area contributed by atoms with Crippen LogP contribution in [0, 0.1) is 17.0 Å². The van der Waals surface area contributed by atoms with Crippen LogP contribution < -0.4 is 5.43 Å². The zero-order chi connectivity index (χ0) is 24.8. The van der Waals surface area contributed by atoms with E-state index in [0.717, 1.165) is 16.8 Å². The second-order valence-electron chi connectivity index (χ2n) is 7.39. The van der Waals surface area contributed by atoms with Crippen LogP contribution in [0.3, 0.4) is 0 Å². The highest BCUT2D eigenvalue weighted by Crippen LogP contribution is 2.28. The van der Waals surface area contributed by atoms with Crippen molar-refractivity contribution in [1.29, 1.82) is 0 Å². The van der Waals surface area contributed by atoms with Gasteiger partial charge in [0.05, 0.1) is 16.9 Å². The van der Waals surface area contributed by atoms with E-state index < -0.39 is 4.92 Å². The fraction of sp³-hybridized carbons (Fsp3) is 0.0833. The number of halogens is 1. The summed E-state index contributed by atoms with van der Waals surface area (Å²) in [5.41, 5.74) is 5.53. The third-order valence-electron chi connectivity index (χ3n) is 4.86. The van der Waals surface area contributed by atoms with E-state index in [1.165, 1.54) is 30.1 Å². The molecule has 0 radical (unpaired) electrons. The summed E-state index contributed by atoms with van der Waals surface area (Å²) in [7, 11) is 0. The van der Waals surface area contributed by atoms with Gasteiger partial charge in [-0.2, -0.15) is 5.10 Å². The maximum Gasteiger partial charge on any atom is 0.288 e. The number of aromatic nitrogens is 3. The van der Waals surface area contributed by atoms with Crippen LogP contribution in [-0.2, 0) is 4.79 Å². The first-order chi connectivity index (χ1) is 16.9. The predicted molar refractivity (Wildman–Crippen MR) is 136 cm³/mol. The second-order valence-corrected chi connectivity index (χ2v) is 8.74. The molecular weight excluding hydrogens is 488 g/mol. The minimum atomic E-state index is -0.581. The van der Waals surface area contributed by atoms with Gasteiger partial charge in [0.1, 0.15) is 5.02 Å². The highest BCUT2D eigenvalue weighted by molar-refractivity contribution is 7.99. The summed E-state index contributed by atoms with van der Waals surface area (Å²) in [4.78, 5) is 22.8. The minimum absolute atomic E-state index is 0.0279. The maximum absolute atomic E-state index is 12.4. The van der Waals surface area contributed by atoms with E-state index in [2.05, 4.69) is 20.7 Å². The second kappa shape index (κ2) is 10.9. The molecule has 0 aliphatic carbocycles. The number of rotatable bonds is 8. The molecule has 0 saturated carbocycles. The molecule has 3 aromatic carbocycles. The summed E-state index contributed by atoms with van der Waals surface area (Å²) in [6.07, 6.45) is 1.31. The number of hydrazone groups is 1. The Morgan fingerprint density at radius 1 is 1.14 bits per heavy atom. The molecule has 0 spiro atoms.